The Hall–Kier alpha value is -2.03. The molecule has 0 aromatic carbocycles. The Balaban J connectivity index is 1.52. The third-order valence-electron chi connectivity index (χ3n) is 4.25. The van der Waals surface area contributed by atoms with Gasteiger partial charge in [0.25, 0.3) is 0 Å². The maximum Gasteiger partial charge on any atom is 0.178 e. The molecule has 0 saturated carbocycles. The summed E-state index contributed by atoms with van der Waals surface area (Å²) in [6.45, 7) is 6.22. The number of hydrogen-bond donors (Lipinski definition) is 1. The Labute approximate surface area is 144 Å². The van der Waals surface area contributed by atoms with Crippen LogP contribution in [0, 0.1) is 6.92 Å². The topological polar surface area (TPSA) is 67.6 Å². The Morgan fingerprint density at radius 3 is 2.92 bits per heavy atom. The Morgan fingerprint density at radius 1 is 1.25 bits per heavy atom. The molecular weight excluding hydrogens is 324 g/mol. The Bertz CT molecular complexity index is 796. The van der Waals surface area contributed by atoms with Crippen LogP contribution in [0.1, 0.15) is 16.7 Å². The summed E-state index contributed by atoms with van der Waals surface area (Å²) >= 11 is 1.80. The van der Waals surface area contributed by atoms with Crippen molar-refractivity contribution in [3.05, 3.63) is 40.3 Å². The SMILES string of the molecule is Cc1nnc2ccc(NC[C@@H](c3cccs3)N3CCOCC3)nn12. The number of hydrogen-bond acceptors (Lipinski definition) is 7. The van der Waals surface area contributed by atoms with Crippen molar-refractivity contribution in [2.75, 3.05) is 38.2 Å². The van der Waals surface area contributed by atoms with Crippen LogP contribution in [0.2, 0.25) is 0 Å². The number of aromatic nitrogens is 4. The van der Waals surface area contributed by atoms with Crippen molar-refractivity contribution in [3.8, 4) is 0 Å². The minimum atomic E-state index is 0.327. The summed E-state index contributed by atoms with van der Waals surface area (Å²) in [6, 6.07) is 8.53. The van der Waals surface area contributed by atoms with E-state index in [2.05, 4.69) is 43.0 Å². The summed E-state index contributed by atoms with van der Waals surface area (Å²) in [7, 11) is 0. The van der Waals surface area contributed by atoms with Crippen LogP contribution in [0.5, 0.6) is 0 Å². The molecule has 126 valence electrons. The second kappa shape index (κ2) is 6.84. The van der Waals surface area contributed by atoms with Gasteiger partial charge in [-0.2, -0.15) is 4.52 Å². The van der Waals surface area contributed by atoms with Crippen LogP contribution in [-0.4, -0.2) is 57.6 Å². The molecule has 0 amide bonds. The molecule has 24 heavy (non-hydrogen) atoms. The smallest absolute Gasteiger partial charge is 0.178 e. The average Bonchev–Trinajstić information content (AvgIpc) is 3.27. The van der Waals surface area contributed by atoms with Gasteiger partial charge < -0.3 is 10.1 Å². The number of morpholine rings is 1. The number of nitrogens with one attached hydrogen (secondary N) is 1. The summed E-state index contributed by atoms with van der Waals surface area (Å²) in [4.78, 5) is 3.84. The number of ether oxygens (including phenoxy) is 1. The fourth-order valence-corrected chi connectivity index (χ4v) is 3.83. The fourth-order valence-electron chi connectivity index (χ4n) is 2.97. The second-order valence-electron chi connectivity index (χ2n) is 5.80. The third kappa shape index (κ3) is 3.12. The second-order valence-corrected chi connectivity index (χ2v) is 6.78. The first kappa shape index (κ1) is 15.5. The maximum atomic E-state index is 5.49. The van der Waals surface area contributed by atoms with Gasteiger partial charge in [-0.1, -0.05) is 6.07 Å². The summed E-state index contributed by atoms with van der Waals surface area (Å²) in [5.41, 5.74) is 0.765. The van der Waals surface area contributed by atoms with Gasteiger partial charge in [0.15, 0.2) is 11.5 Å². The predicted octanol–water partition coefficient (Wildman–Crippen LogP) is 1.98. The summed E-state index contributed by atoms with van der Waals surface area (Å²) < 4.78 is 7.26. The van der Waals surface area contributed by atoms with Crippen LogP contribution in [0.3, 0.4) is 0 Å². The van der Waals surface area contributed by atoms with Crippen molar-refractivity contribution in [2.24, 2.45) is 0 Å². The first-order valence-electron chi connectivity index (χ1n) is 8.09. The minimum Gasteiger partial charge on any atom is -0.379 e. The van der Waals surface area contributed by atoms with Crippen LogP contribution < -0.4 is 5.32 Å². The minimum absolute atomic E-state index is 0.327. The largest absolute Gasteiger partial charge is 0.379 e. The first-order valence-corrected chi connectivity index (χ1v) is 8.97. The molecule has 8 heteroatoms. The highest BCUT2D eigenvalue weighted by atomic mass is 32.1. The summed E-state index contributed by atoms with van der Waals surface area (Å²) in [5, 5.41) is 18.3. The van der Waals surface area contributed by atoms with E-state index in [1.165, 1.54) is 4.88 Å². The van der Waals surface area contributed by atoms with Gasteiger partial charge >= 0.3 is 0 Å². The number of rotatable bonds is 5. The Morgan fingerprint density at radius 2 is 2.12 bits per heavy atom. The number of fused-ring (bicyclic) bond motifs is 1. The van der Waals surface area contributed by atoms with Crippen LogP contribution >= 0.6 is 11.3 Å². The van der Waals surface area contributed by atoms with E-state index >= 15 is 0 Å². The molecule has 0 aliphatic carbocycles. The lowest BCUT2D eigenvalue weighted by Gasteiger charge is -2.34. The lowest BCUT2D eigenvalue weighted by Crippen LogP contribution is -2.41. The van der Waals surface area contributed by atoms with Gasteiger partial charge in [-0.15, -0.1) is 26.6 Å². The number of anilines is 1. The van der Waals surface area contributed by atoms with Crippen LogP contribution in [0.4, 0.5) is 5.82 Å². The molecule has 0 radical (unpaired) electrons. The number of aryl methyl sites for hydroxylation is 1. The van der Waals surface area contributed by atoms with Gasteiger partial charge in [0, 0.05) is 24.5 Å². The molecule has 0 unspecified atom stereocenters. The molecule has 1 saturated heterocycles. The van der Waals surface area contributed by atoms with Crippen LogP contribution in [0.15, 0.2) is 29.6 Å². The summed E-state index contributed by atoms with van der Waals surface area (Å²) in [5.74, 6) is 1.62. The molecule has 3 aromatic heterocycles. The molecule has 0 spiro atoms. The van der Waals surface area contributed by atoms with E-state index in [9.17, 15) is 0 Å². The maximum absolute atomic E-state index is 5.49. The fraction of sp³-hybridized carbons (Fsp3) is 0.438. The normalized spacial score (nSPS) is 17.2. The quantitative estimate of drug-likeness (QED) is 0.763. The van der Waals surface area contributed by atoms with Crippen molar-refractivity contribution >= 4 is 22.8 Å². The number of nitrogens with zero attached hydrogens (tertiary/aromatic N) is 5. The van der Waals surface area contributed by atoms with Crippen molar-refractivity contribution in [2.45, 2.75) is 13.0 Å². The lowest BCUT2D eigenvalue weighted by molar-refractivity contribution is 0.0194. The van der Waals surface area contributed by atoms with Gasteiger partial charge in [-0.05, 0) is 30.5 Å². The standard InChI is InChI=1S/C16H20N6OS/c1-12-18-19-16-5-4-15(20-22(12)16)17-11-13(14-3-2-10-24-14)21-6-8-23-9-7-21/h2-5,10,13H,6-9,11H2,1H3,(H,17,20)/t13-/m0/s1. The van der Waals surface area contributed by atoms with Gasteiger partial charge in [-0.3, -0.25) is 4.90 Å². The molecule has 7 nitrogen and oxygen atoms in total. The van der Waals surface area contributed by atoms with Gasteiger partial charge in [-0.25, -0.2) is 0 Å². The molecule has 1 aliphatic heterocycles. The summed E-state index contributed by atoms with van der Waals surface area (Å²) in [6.07, 6.45) is 0. The molecule has 1 aliphatic rings. The van der Waals surface area contributed by atoms with E-state index in [1.807, 2.05) is 19.1 Å². The van der Waals surface area contributed by atoms with Gasteiger partial charge in [0.2, 0.25) is 0 Å². The molecule has 3 aromatic rings. The van der Waals surface area contributed by atoms with Crippen LogP contribution in [-0.2, 0) is 4.74 Å². The predicted molar refractivity (Wildman–Crippen MR) is 93.5 cm³/mol. The molecule has 0 bridgehead atoms. The highest BCUT2D eigenvalue weighted by molar-refractivity contribution is 7.10. The molecule has 4 heterocycles. The van der Waals surface area contributed by atoms with E-state index in [0.29, 0.717) is 6.04 Å². The van der Waals surface area contributed by atoms with E-state index in [4.69, 9.17) is 4.74 Å². The highest BCUT2D eigenvalue weighted by Gasteiger charge is 2.23. The van der Waals surface area contributed by atoms with Crippen molar-refractivity contribution < 1.29 is 4.74 Å². The molecule has 1 N–H and O–H groups in total. The highest BCUT2D eigenvalue weighted by Crippen LogP contribution is 2.26. The Kier molecular flexibility index (Phi) is 4.42. The van der Waals surface area contributed by atoms with Crippen molar-refractivity contribution in [3.63, 3.8) is 0 Å². The van der Waals surface area contributed by atoms with Gasteiger partial charge in [0.1, 0.15) is 5.82 Å². The monoisotopic (exact) mass is 344 g/mol. The first-order chi connectivity index (χ1) is 11.8. The molecular formula is C16H20N6OS. The third-order valence-corrected chi connectivity index (χ3v) is 5.23. The van der Waals surface area contributed by atoms with Gasteiger partial charge in [0.05, 0.1) is 19.3 Å². The van der Waals surface area contributed by atoms with E-state index in [1.54, 1.807) is 15.9 Å². The van der Waals surface area contributed by atoms with E-state index in [0.717, 1.165) is 50.1 Å². The van der Waals surface area contributed by atoms with E-state index in [-0.39, 0.29) is 0 Å². The van der Waals surface area contributed by atoms with Crippen LogP contribution in [0.25, 0.3) is 5.65 Å². The zero-order chi connectivity index (χ0) is 16.4. The molecule has 4 rings (SSSR count). The average molecular weight is 344 g/mol. The van der Waals surface area contributed by atoms with E-state index < -0.39 is 0 Å². The zero-order valence-corrected chi connectivity index (χ0v) is 14.4. The number of thiophene rings is 1. The van der Waals surface area contributed by atoms with Crippen molar-refractivity contribution in [1.82, 2.24) is 24.7 Å². The zero-order valence-electron chi connectivity index (χ0n) is 13.6. The molecule has 1 fully saturated rings. The van der Waals surface area contributed by atoms with Crippen molar-refractivity contribution in [1.29, 1.82) is 0 Å². The lowest BCUT2D eigenvalue weighted by atomic mass is 10.2. The molecule has 1 atom stereocenters.